The van der Waals surface area contributed by atoms with Crippen LogP contribution in [0.4, 0.5) is 57.1 Å². The summed E-state index contributed by atoms with van der Waals surface area (Å²) in [5.41, 5.74) is 5.77. The summed E-state index contributed by atoms with van der Waals surface area (Å²) < 4.78 is 185. The number of halogens is 14. The third-order valence-corrected chi connectivity index (χ3v) is 31.3. The smallest absolute Gasteiger partial charge is 0.408 e. The summed E-state index contributed by atoms with van der Waals surface area (Å²) in [5, 5.41) is 48.9. The lowest BCUT2D eigenvalue weighted by molar-refractivity contribution is -0.173. The molecule has 8 aromatic carbocycles. The molecule has 0 radical (unpaired) electrons. The minimum absolute atomic E-state index is 0.0656. The van der Waals surface area contributed by atoms with Crippen LogP contribution in [0.2, 0.25) is 5.02 Å². The quantitative estimate of drug-likeness (QED) is 0.103. The van der Waals surface area contributed by atoms with Crippen LogP contribution in [0.5, 0.6) is 23.0 Å². The fourth-order valence-corrected chi connectivity index (χ4v) is 23.8. The summed E-state index contributed by atoms with van der Waals surface area (Å²) in [6, 6.07) is 46.5. The first-order valence-electron chi connectivity index (χ1n) is 43.8. The van der Waals surface area contributed by atoms with Crippen LogP contribution in [0.15, 0.2) is 264 Å². The molecule has 0 fully saturated rings. The third kappa shape index (κ3) is 18.2. The summed E-state index contributed by atoms with van der Waals surface area (Å²) in [7, 11) is 0. The fourth-order valence-electron chi connectivity index (χ4n) is 18.7. The zero-order valence-corrected chi connectivity index (χ0v) is 79.2. The first-order chi connectivity index (χ1) is 66.8. The van der Waals surface area contributed by atoms with Crippen molar-refractivity contribution in [3.63, 3.8) is 0 Å². The summed E-state index contributed by atoms with van der Waals surface area (Å²) in [4.78, 5) is 108. The van der Waals surface area contributed by atoms with Crippen LogP contribution >= 0.6 is 58.6 Å². The van der Waals surface area contributed by atoms with E-state index >= 15 is 0 Å². The molecule has 12 heterocycles. The maximum Gasteiger partial charge on any atom is 0.408 e. The number of carbonyl (C=O) groups excluding carboxylic acids is 4. The lowest BCUT2D eigenvalue weighted by Crippen LogP contribution is -2.60. The molecule has 12 aromatic rings. The van der Waals surface area contributed by atoms with Gasteiger partial charge in [0.1, 0.15) is 56.7 Å². The Morgan fingerprint density at radius 3 is 0.943 bits per heavy atom. The van der Waals surface area contributed by atoms with Crippen LogP contribution in [0.1, 0.15) is 190 Å². The molecule has 0 spiro atoms. The second-order valence-corrected chi connectivity index (χ2v) is 39.6. The molecule has 10 atom stereocenters. The Bertz CT molecular complexity index is 7060. The van der Waals surface area contributed by atoms with E-state index in [0.717, 1.165) is 122 Å². The Balaban J connectivity index is 0.000000130. The van der Waals surface area contributed by atoms with E-state index in [2.05, 4.69) is 13.8 Å². The predicted molar refractivity (Wildman–Crippen MR) is 505 cm³/mol. The SMILES string of the molecule is C[C@@H](N1CN([C@@H]2c3ccc(F)cc3SCc3c(Cl)cccc32)n2ccc(=O)c(O)c2C1=O)C(F)(F)F.C[C@@H]1Sc2ccccc2[C@@H](N2CN([C@H](C)C(F)(F)F)C(=O)c3c(O)c(=O)ccn32)c2ccccc21.C[C@H]1Sc2ccccc2[C@@H](N2CN([C@H](C)C(F)(F)F)C(=O)c3c(O)c(=O)ccn32)c2ccccc21.Cc1cccc2c1CSc1ccccc1[C@H]2N1CN([C@H](C)C(F)(F)F)C(=O)c2c(O)c(=O)ccn21. The molecule has 0 aliphatic carbocycles. The van der Waals surface area contributed by atoms with Gasteiger partial charge in [0.2, 0.25) is 21.7 Å². The number of rotatable bonds is 8. The molecular formula is C99H84ClF13N12O12S4. The molecule has 42 heteroatoms. The molecule has 141 heavy (non-hydrogen) atoms. The van der Waals surface area contributed by atoms with Crippen molar-refractivity contribution in [3.8, 4) is 23.0 Å². The molecule has 8 aliphatic rings. The Hall–Kier alpha value is -13.4. The van der Waals surface area contributed by atoms with Gasteiger partial charge in [-0.05, 0) is 157 Å². The standard InChI is InChI=1S/3C25H22F3N3O3S.C24H18ClF4N3O3S/c1-14-6-5-8-16-18(14)12-35-20-9-4-3-7-17(20)21(16)31-13-29(15(2)25(26,27)28)24(34)22-23(33)19(32)10-11-30(22)31;2*1-14-16-7-3-4-8-17(16)21(18-9-5-6-10-20(18)35-14)31-13-29(15(2)25(26,27)28)24(34)22-23(33)19(32)11-12-30(22)31;1-12(24(27,28)29)30-11-32(31-8-7-18(33)22(34)21(31)23(30)35)20-14-3-2-4-17(25)16(14)10-36-19-9-13(26)5-6-15(19)20/h3-11,15,21,33H,12-13H2,1-2H3;2*3-12,14-15,21,33H,13H2,1-2H3;2-9,12,20,34H,10-11H2,1H3/t15-,21+;14-,15+,21-;14-,15-,21+;12-,20+/m1011/s1. The van der Waals surface area contributed by atoms with Crippen LogP contribution in [0.3, 0.4) is 0 Å². The molecule has 4 amide bonds. The predicted octanol–water partition coefficient (Wildman–Crippen LogP) is 19.2. The lowest BCUT2D eigenvalue weighted by Gasteiger charge is -2.46. The Labute approximate surface area is 816 Å². The minimum Gasteiger partial charge on any atom is -0.502 e. The summed E-state index contributed by atoms with van der Waals surface area (Å²) in [6.45, 7) is 7.92. The van der Waals surface area contributed by atoms with Crippen LogP contribution < -0.4 is 41.8 Å². The van der Waals surface area contributed by atoms with Crippen LogP contribution in [0, 0.1) is 12.7 Å². The topological polar surface area (TPSA) is 263 Å². The van der Waals surface area contributed by atoms with E-state index in [-0.39, 0.29) is 10.5 Å². The molecule has 734 valence electrons. The van der Waals surface area contributed by atoms with Crippen molar-refractivity contribution in [1.29, 1.82) is 0 Å². The van der Waals surface area contributed by atoms with Crippen molar-refractivity contribution in [2.75, 3.05) is 46.7 Å². The molecule has 4 N–H and O–H groups in total. The van der Waals surface area contributed by atoms with Gasteiger partial charge in [-0.25, -0.2) is 4.39 Å². The minimum atomic E-state index is -4.77. The van der Waals surface area contributed by atoms with Crippen molar-refractivity contribution in [1.82, 2.24) is 38.3 Å². The van der Waals surface area contributed by atoms with E-state index in [1.54, 1.807) is 68.5 Å². The van der Waals surface area contributed by atoms with E-state index in [1.165, 1.54) is 78.5 Å². The second-order valence-electron chi connectivity index (χ2n) is 34.4. The van der Waals surface area contributed by atoms with Gasteiger partial charge in [0.05, 0.1) is 24.2 Å². The number of aromatic hydroxyl groups is 4. The van der Waals surface area contributed by atoms with Gasteiger partial charge in [-0.2, -0.15) is 52.7 Å². The zero-order chi connectivity index (χ0) is 101. The maximum atomic E-state index is 14.2. The number of thioether (sulfide) groups is 4. The van der Waals surface area contributed by atoms with Gasteiger partial charge in [-0.3, -0.25) is 77.1 Å². The van der Waals surface area contributed by atoms with E-state index in [0.29, 0.717) is 57.7 Å². The second kappa shape index (κ2) is 38.2. The number of fused-ring (bicyclic) bond motifs is 12. The number of alkyl halides is 12. The van der Waals surface area contributed by atoms with E-state index in [1.807, 2.05) is 146 Å². The Morgan fingerprint density at radius 2 is 0.596 bits per heavy atom. The normalized spacial score (nSPS) is 19.4. The molecular weight excluding hydrogens is 1960 g/mol. The number of hydrogen-bond donors (Lipinski definition) is 4. The number of aromatic nitrogens is 4. The Kier molecular flexibility index (Phi) is 26.9. The molecule has 0 unspecified atom stereocenters. The average Bonchev–Trinajstić information content (AvgIpc) is 1.74. The molecule has 8 aliphatic heterocycles. The van der Waals surface area contributed by atoms with Crippen molar-refractivity contribution < 1.29 is 96.7 Å². The summed E-state index contributed by atoms with van der Waals surface area (Å²) >= 11 is 12.8. The van der Waals surface area contributed by atoms with Gasteiger partial charge in [-0.1, -0.05) is 151 Å². The summed E-state index contributed by atoms with van der Waals surface area (Å²) in [5.74, 6) is -7.32. The molecule has 0 saturated heterocycles. The molecule has 24 nitrogen and oxygen atoms in total. The van der Waals surface area contributed by atoms with Crippen molar-refractivity contribution >= 4 is 82.3 Å². The van der Waals surface area contributed by atoms with Crippen molar-refractivity contribution in [3.05, 3.63) is 372 Å². The molecule has 20 rings (SSSR count). The van der Waals surface area contributed by atoms with E-state index < -0.39 is 197 Å². The number of carbonyl (C=O) groups is 4. The van der Waals surface area contributed by atoms with E-state index in [9.17, 15) is 116 Å². The number of nitrogens with zero attached hydrogens (tertiary/aromatic N) is 12. The van der Waals surface area contributed by atoms with Gasteiger partial charge in [-0.15, -0.1) is 47.0 Å². The highest BCUT2D eigenvalue weighted by atomic mass is 35.5. The van der Waals surface area contributed by atoms with Gasteiger partial charge >= 0.3 is 24.7 Å². The van der Waals surface area contributed by atoms with Crippen molar-refractivity contribution in [2.24, 2.45) is 0 Å². The first kappa shape index (κ1) is 99.2. The number of hydrogen-bond acceptors (Lipinski definition) is 20. The molecule has 0 bridgehead atoms. The fraction of sp³-hybridized carbons (Fsp3) is 0.273. The van der Waals surface area contributed by atoms with Crippen LogP contribution in [-0.4, -0.2) is 158 Å². The average molecular weight is 2040 g/mol. The monoisotopic (exact) mass is 2040 g/mol. The Morgan fingerprint density at radius 1 is 0.326 bits per heavy atom. The third-order valence-electron chi connectivity index (χ3n) is 26.2. The largest absolute Gasteiger partial charge is 0.502 e. The van der Waals surface area contributed by atoms with Gasteiger partial charge in [0.25, 0.3) is 23.6 Å². The lowest BCUT2D eigenvalue weighted by atomic mass is 9.92. The van der Waals surface area contributed by atoms with Crippen LogP contribution in [-0.2, 0) is 11.5 Å². The van der Waals surface area contributed by atoms with Gasteiger partial charge < -0.3 is 40.0 Å². The van der Waals surface area contributed by atoms with Gasteiger partial charge in [0.15, 0.2) is 45.8 Å². The van der Waals surface area contributed by atoms with Gasteiger partial charge in [0, 0.05) is 95.7 Å². The maximum absolute atomic E-state index is 14.2. The number of pyridine rings is 4. The number of benzene rings is 8. The highest BCUT2D eigenvalue weighted by Gasteiger charge is 2.54. The van der Waals surface area contributed by atoms with Crippen molar-refractivity contribution in [2.45, 2.75) is 163 Å². The number of amides is 4. The molecule has 4 aromatic heterocycles. The highest BCUT2D eigenvalue weighted by molar-refractivity contribution is 8.00. The summed E-state index contributed by atoms with van der Waals surface area (Å²) in [6.07, 6.45) is -13.6. The highest BCUT2D eigenvalue weighted by Crippen LogP contribution is 2.54. The molecule has 0 saturated carbocycles. The zero-order valence-electron chi connectivity index (χ0n) is 75.2. The first-order valence-corrected chi connectivity index (χ1v) is 47.9. The number of aryl methyl sites for hydroxylation is 1. The van der Waals surface area contributed by atoms with Crippen LogP contribution in [0.25, 0.3) is 0 Å². The van der Waals surface area contributed by atoms with E-state index in [4.69, 9.17) is 11.6 Å².